The fourth-order valence-corrected chi connectivity index (χ4v) is 4.02. The minimum atomic E-state index is -4.32. The summed E-state index contributed by atoms with van der Waals surface area (Å²) in [5, 5.41) is 0. The second-order valence-corrected chi connectivity index (χ2v) is 7.61. The molecule has 8 heteroatoms. The number of anilines is 1. The van der Waals surface area contributed by atoms with E-state index in [9.17, 15) is 13.2 Å². The van der Waals surface area contributed by atoms with Gasteiger partial charge in [0.05, 0.1) is 50.4 Å². The van der Waals surface area contributed by atoms with Crippen molar-refractivity contribution < 1.29 is 27.5 Å². The van der Waals surface area contributed by atoms with Crippen LogP contribution in [-0.2, 0) is 12.7 Å². The number of hydrogen-bond acceptors (Lipinski definition) is 3. The van der Waals surface area contributed by atoms with Crippen molar-refractivity contribution in [2.45, 2.75) is 12.7 Å². The molecule has 0 amide bonds. The van der Waals surface area contributed by atoms with E-state index in [4.69, 9.17) is 9.47 Å². The number of benzene rings is 2. The molecule has 1 N–H and O–H groups in total. The molecule has 2 aromatic carbocycles. The van der Waals surface area contributed by atoms with Crippen LogP contribution in [0.1, 0.15) is 11.1 Å². The smallest absolute Gasteiger partial charge is 0.416 e. The molecule has 0 atom stereocenters. The van der Waals surface area contributed by atoms with Gasteiger partial charge >= 0.3 is 6.18 Å². The third-order valence-corrected chi connectivity index (χ3v) is 5.62. The molecule has 1 heterocycles. The Kier molecular flexibility index (Phi) is 6.40. The molecule has 0 bridgehead atoms. The van der Waals surface area contributed by atoms with E-state index in [-0.39, 0.29) is 0 Å². The van der Waals surface area contributed by atoms with Gasteiger partial charge in [-0.15, -0.1) is 0 Å². The summed E-state index contributed by atoms with van der Waals surface area (Å²) in [5.74, 6) is 1.48. The highest BCUT2D eigenvalue weighted by molar-refractivity contribution is 9.10. The van der Waals surface area contributed by atoms with Crippen LogP contribution >= 0.6 is 15.9 Å². The van der Waals surface area contributed by atoms with Gasteiger partial charge in [0.25, 0.3) is 0 Å². The number of rotatable bonds is 5. The first-order valence-corrected chi connectivity index (χ1v) is 9.77. The highest BCUT2D eigenvalue weighted by Crippen LogP contribution is 2.33. The van der Waals surface area contributed by atoms with Gasteiger partial charge in [-0.05, 0) is 40.2 Å². The van der Waals surface area contributed by atoms with Crippen LogP contribution in [0.3, 0.4) is 0 Å². The van der Waals surface area contributed by atoms with Gasteiger partial charge in [-0.25, -0.2) is 0 Å². The average Bonchev–Trinajstić information content (AvgIpc) is 2.68. The Morgan fingerprint density at radius 3 is 2.32 bits per heavy atom. The predicted octanol–water partition coefficient (Wildman–Crippen LogP) is 3.39. The van der Waals surface area contributed by atoms with Gasteiger partial charge in [-0.2, -0.15) is 13.2 Å². The first kappa shape index (κ1) is 20.8. The molecule has 1 saturated heterocycles. The molecular weight excluding hydrogens is 437 g/mol. The van der Waals surface area contributed by atoms with E-state index >= 15 is 0 Å². The maximum atomic E-state index is 13.0. The Labute approximate surface area is 171 Å². The van der Waals surface area contributed by atoms with Crippen molar-refractivity contribution in [3.05, 3.63) is 52.0 Å². The van der Waals surface area contributed by atoms with Gasteiger partial charge in [-0.3, -0.25) is 0 Å². The second-order valence-electron chi connectivity index (χ2n) is 6.76. The number of piperazine rings is 1. The summed E-state index contributed by atoms with van der Waals surface area (Å²) < 4.78 is 50.5. The number of quaternary nitrogens is 1. The van der Waals surface area contributed by atoms with E-state index < -0.39 is 11.7 Å². The van der Waals surface area contributed by atoms with Gasteiger partial charge in [0.2, 0.25) is 0 Å². The quantitative estimate of drug-likeness (QED) is 0.741. The molecule has 3 rings (SSSR count). The summed E-state index contributed by atoms with van der Waals surface area (Å²) in [6.07, 6.45) is -4.32. The first-order valence-electron chi connectivity index (χ1n) is 8.98. The molecular formula is C20H23BrF3N2O2+. The number of methoxy groups -OCH3 is 2. The number of hydrogen-bond donors (Lipinski definition) is 1. The van der Waals surface area contributed by atoms with Crippen molar-refractivity contribution in [3.8, 4) is 11.5 Å². The van der Waals surface area contributed by atoms with Crippen LogP contribution in [0.2, 0.25) is 0 Å². The van der Waals surface area contributed by atoms with Crippen molar-refractivity contribution >= 4 is 21.6 Å². The van der Waals surface area contributed by atoms with Crippen molar-refractivity contribution in [2.24, 2.45) is 0 Å². The van der Waals surface area contributed by atoms with Crippen molar-refractivity contribution in [1.82, 2.24) is 0 Å². The lowest BCUT2D eigenvalue weighted by molar-refractivity contribution is -0.914. The van der Waals surface area contributed by atoms with E-state index in [2.05, 4.69) is 15.9 Å². The van der Waals surface area contributed by atoms with Gasteiger partial charge in [-0.1, -0.05) is 6.07 Å². The molecule has 4 nitrogen and oxygen atoms in total. The Morgan fingerprint density at radius 2 is 1.71 bits per heavy atom. The zero-order valence-corrected chi connectivity index (χ0v) is 17.4. The van der Waals surface area contributed by atoms with Crippen LogP contribution < -0.4 is 19.3 Å². The van der Waals surface area contributed by atoms with E-state index in [1.54, 1.807) is 20.3 Å². The number of nitrogens with zero attached hydrogens (tertiary/aromatic N) is 1. The second kappa shape index (κ2) is 8.61. The SMILES string of the molecule is COc1cc(OC)c(C[NH+]2CCN(c3cccc(C(F)(F)F)c3)CC2)cc1Br. The number of alkyl halides is 3. The monoisotopic (exact) mass is 459 g/mol. The molecule has 0 saturated carbocycles. The Morgan fingerprint density at radius 1 is 1.04 bits per heavy atom. The lowest BCUT2D eigenvalue weighted by atomic mass is 10.1. The van der Waals surface area contributed by atoms with Crippen molar-refractivity contribution in [3.63, 3.8) is 0 Å². The lowest BCUT2D eigenvalue weighted by Crippen LogP contribution is -3.13. The predicted molar refractivity (Wildman–Crippen MR) is 105 cm³/mol. The first-order chi connectivity index (χ1) is 13.3. The fourth-order valence-electron chi connectivity index (χ4n) is 3.47. The molecule has 1 aliphatic heterocycles. The Hall–Kier alpha value is -1.93. The summed E-state index contributed by atoms with van der Waals surface area (Å²) in [7, 11) is 3.24. The third-order valence-electron chi connectivity index (χ3n) is 5.00. The van der Waals surface area contributed by atoms with E-state index in [0.717, 1.165) is 41.5 Å². The van der Waals surface area contributed by atoms with Gasteiger partial charge in [0.15, 0.2) is 0 Å². The van der Waals surface area contributed by atoms with Crippen LogP contribution in [0.4, 0.5) is 18.9 Å². The summed E-state index contributed by atoms with van der Waals surface area (Å²) in [4.78, 5) is 3.37. The minimum absolute atomic E-state index is 0.604. The number of nitrogens with one attached hydrogen (secondary N) is 1. The molecule has 0 radical (unpaired) electrons. The van der Waals surface area contributed by atoms with E-state index in [0.29, 0.717) is 24.5 Å². The van der Waals surface area contributed by atoms with E-state index in [1.807, 2.05) is 17.0 Å². The van der Waals surface area contributed by atoms with Gasteiger partial charge in [0.1, 0.15) is 18.0 Å². The van der Waals surface area contributed by atoms with Crippen molar-refractivity contribution in [2.75, 3.05) is 45.3 Å². The summed E-state index contributed by atoms with van der Waals surface area (Å²) in [5.41, 5.74) is 1.09. The summed E-state index contributed by atoms with van der Waals surface area (Å²) in [6.45, 7) is 3.86. The normalized spacial score (nSPS) is 15.6. The largest absolute Gasteiger partial charge is 0.496 e. The van der Waals surface area contributed by atoms with E-state index in [1.165, 1.54) is 17.0 Å². The topological polar surface area (TPSA) is 26.1 Å². The molecule has 0 aliphatic carbocycles. The summed E-state index contributed by atoms with van der Waals surface area (Å²) >= 11 is 3.51. The van der Waals surface area contributed by atoms with Crippen LogP contribution in [0.15, 0.2) is 40.9 Å². The number of halogens is 4. The molecule has 1 aliphatic rings. The van der Waals surface area contributed by atoms with Gasteiger partial charge in [0, 0.05) is 17.3 Å². The zero-order chi connectivity index (χ0) is 20.3. The Balaban J connectivity index is 1.66. The molecule has 28 heavy (non-hydrogen) atoms. The summed E-state index contributed by atoms with van der Waals surface area (Å²) in [6, 6.07) is 9.41. The number of ether oxygens (including phenoxy) is 2. The highest BCUT2D eigenvalue weighted by Gasteiger charge is 2.31. The van der Waals surface area contributed by atoms with Crippen LogP contribution in [0.25, 0.3) is 0 Å². The minimum Gasteiger partial charge on any atom is -0.496 e. The van der Waals surface area contributed by atoms with Gasteiger partial charge < -0.3 is 19.3 Å². The maximum Gasteiger partial charge on any atom is 0.416 e. The molecule has 0 spiro atoms. The zero-order valence-electron chi connectivity index (χ0n) is 15.8. The Bertz CT molecular complexity index is 822. The molecule has 0 aromatic heterocycles. The lowest BCUT2D eigenvalue weighted by Gasteiger charge is -2.34. The molecule has 0 unspecified atom stereocenters. The maximum absolute atomic E-state index is 13.0. The van der Waals surface area contributed by atoms with Crippen LogP contribution in [0.5, 0.6) is 11.5 Å². The standard InChI is InChI=1S/C20H22BrF3N2O2/c1-27-18-12-19(28-2)17(21)10-14(18)13-25-6-8-26(9-7-25)16-5-3-4-15(11-16)20(22,23)24/h3-5,10-12H,6-9,13H2,1-2H3/p+1. The van der Waals surface area contributed by atoms with Crippen molar-refractivity contribution in [1.29, 1.82) is 0 Å². The van der Waals surface area contributed by atoms with Crippen LogP contribution in [0, 0.1) is 0 Å². The fraction of sp³-hybridized carbons (Fsp3) is 0.400. The third kappa shape index (κ3) is 4.72. The van der Waals surface area contributed by atoms with Crippen LogP contribution in [-0.4, -0.2) is 40.4 Å². The molecule has 152 valence electrons. The molecule has 1 fully saturated rings. The molecule has 2 aromatic rings. The average molecular weight is 460 g/mol. The highest BCUT2D eigenvalue weighted by atomic mass is 79.9.